The number of amides is 1. The van der Waals surface area contributed by atoms with Crippen LogP contribution in [0, 0.1) is 11.7 Å². The summed E-state index contributed by atoms with van der Waals surface area (Å²) in [5, 5.41) is 3.14. The number of nitrogens with zero attached hydrogens (tertiary/aromatic N) is 1. The summed E-state index contributed by atoms with van der Waals surface area (Å²) in [6, 6.07) is 6.67. The third-order valence-corrected chi connectivity index (χ3v) is 5.33. The SMILES string of the molecule is O=C(NCCC1=CCCCC1)[C@H]1CCCN(Cc2ccc(F)cc2)C1. The number of benzene rings is 1. The highest BCUT2D eigenvalue weighted by Gasteiger charge is 2.25. The van der Waals surface area contributed by atoms with E-state index < -0.39 is 0 Å². The highest BCUT2D eigenvalue weighted by molar-refractivity contribution is 5.78. The van der Waals surface area contributed by atoms with E-state index in [4.69, 9.17) is 0 Å². The Morgan fingerprint density at radius 3 is 2.80 bits per heavy atom. The van der Waals surface area contributed by atoms with E-state index in [1.165, 1.54) is 43.4 Å². The molecular formula is C21H29FN2O. The van der Waals surface area contributed by atoms with Crippen molar-refractivity contribution in [2.45, 2.75) is 51.5 Å². The third kappa shape index (κ3) is 5.67. The summed E-state index contributed by atoms with van der Waals surface area (Å²) in [5.41, 5.74) is 2.61. The maximum atomic E-state index is 13.0. The van der Waals surface area contributed by atoms with Crippen molar-refractivity contribution >= 4 is 5.91 Å². The maximum Gasteiger partial charge on any atom is 0.224 e. The molecule has 3 nitrogen and oxygen atoms in total. The average molecular weight is 344 g/mol. The fraction of sp³-hybridized carbons (Fsp3) is 0.571. The Morgan fingerprint density at radius 1 is 1.20 bits per heavy atom. The van der Waals surface area contributed by atoms with E-state index in [0.29, 0.717) is 0 Å². The lowest BCUT2D eigenvalue weighted by Crippen LogP contribution is -2.42. The van der Waals surface area contributed by atoms with Gasteiger partial charge in [-0.05, 0) is 69.2 Å². The highest BCUT2D eigenvalue weighted by Crippen LogP contribution is 2.21. The molecule has 1 aliphatic carbocycles. The van der Waals surface area contributed by atoms with Gasteiger partial charge >= 0.3 is 0 Å². The molecule has 1 aromatic rings. The number of carbonyl (C=O) groups is 1. The van der Waals surface area contributed by atoms with Gasteiger partial charge in [0.2, 0.25) is 5.91 Å². The Morgan fingerprint density at radius 2 is 2.04 bits per heavy atom. The zero-order valence-corrected chi connectivity index (χ0v) is 15.0. The maximum absolute atomic E-state index is 13.0. The van der Waals surface area contributed by atoms with Crippen LogP contribution in [0.15, 0.2) is 35.9 Å². The van der Waals surface area contributed by atoms with E-state index in [-0.39, 0.29) is 17.6 Å². The Kier molecular flexibility index (Phi) is 6.62. The van der Waals surface area contributed by atoms with Crippen LogP contribution in [0.25, 0.3) is 0 Å². The number of piperidine rings is 1. The second-order valence-electron chi connectivity index (χ2n) is 7.35. The standard InChI is InChI=1S/C21H29FN2O/c22-20-10-8-18(9-11-20)15-24-14-4-7-19(16-24)21(25)23-13-12-17-5-2-1-3-6-17/h5,8-11,19H,1-4,6-7,12-16H2,(H,23,25)/t19-/m0/s1. The molecule has 0 radical (unpaired) electrons. The summed E-state index contributed by atoms with van der Waals surface area (Å²) in [6.07, 6.45) is 10.4. The molecule has 1 aromatic carbocycles. The van der Waals surface area contributed by atoms with Crippen molar-refractivity contribution in [1.82, 2.24) is 10.2 Å². The molecule has 3 rings (SSSR count). The Bertz CT molecular complexity index is 596. The Hall–Kier alpha value is -1.68. The summed E-state index contributed by atoms with van der Waals surface area (Å²) in [4.78, 5) is 14.8. The van der Waals surface area contributed by atoms with Crippen LogP contribution < -0.4 is 5.32 Å². The van der Waals surface area contributed by atoms with Gasteiger partial charge in [0.25, 0.3) is 0 Å². The van der Waals surface area contributed by atoms with Crippen molar-refractivity contribution in [1.29, 1.82) is 0 Å². The molecule has 1 atom stereocenters. The van der Waals surface area contributed by atoms with Crippen molar-refractivity contribution in [3.8, 4) is 0 Å². The molecule has 25 heavy (non-hydrogen) atoms. The van der Waals surface area contributed by atoms with E-state index in [2.05, 4.69) is 16.3 Å². The van der Waals surface area contributed by atoms with Gasteiger partial charge in [-0.2, -0.15) is 0 Å². The van der Waals surface area contributed by atoms with E-state index >= 15 is 0 Å². The Balaban J connectivity index is 1.43. The minimum atomic E-state index is -0.201. The predicted molar refractivity (Wildman–Crippen MR) is 98.6 cm³/mol. The quantitative estimate of drug-likeness (QED) is 0.790. The second-order valence-corrected chi connectivity index (χ2v) is 7.35. The molecule has 0 spiro atoms. The van der Waals surface area contributed by atoms with E-state index in [1.54, 1.807) is 0 Å². The number of hydrogen-bond acceptors (Lipinski definition) is 2. The smallest absolute Gasteiger partial charge is 0.224 e. The lowest BCUT2D eigenvalue weighted by molar-refractivity contribution is -0.126. The molecule has 0 saturated carbocycles. The van der Waals surface area contributed by atoms with Crippen LogP contribution in [-0.4, -0.2) is 30.4 Å². The number of nitrogens with one attached hydrogen (secondary N) is 1. The molecule has 1 amide bonds. The normalized spacial score (nSPS) is 21.6. The fourth-order valence-electron chi connectivity index (χ4n) is 3.88. The molecule has 1 saturated heterocycles. The molecule has 4 heteroatoms. The lowest BCUT2D eigenvalue weighted by Gasteiger charge is -2.32. The van der Waals surface area contributed by atoms with Crippen molar-refractivity contribution in [2.24, 2.45) is 5.92 Å². The Labute approximate surface area is 150 Å². The van der Waals surface area contributed by atoms with Crippen LogP contribution in [0.4, 0.5) is 4.39 Å². The van der Waals surface area contributed by atoms with Gasteiger partial charge in [0.15, 0.2) is 0 Å². The van der Waals surface area contributed by atoms with Crippen LogP contribution in [0.1, 0.15) is 50.5 Å². The average Bonchev–Trinajstić information content (AvgIpc) is 2.65. The summed E-state index contributed by atoms with van der Waals surface area (Å²) < 4.78 is 13.0. The summed E-state index contributed by atoms with van der Waals surface area (Å²) in [7, 11) is 0. The van der Waals surface area contributed by atoms with Crippen LogP contribution in [0.5, 0.6) is 0 Å². The molecule has 1 fully saturated rings. The minimum Gasteiger partial charge on any atom is -0.356 e. The predicted octanol–water partition coefficient (Wildman–Crippen LogP) is 4.04. The first-order valence-corrected chi connectivity index (χ1v) is 9.63. The lowest BCUT2D eigenvalue weighted by atomic mass is 9.95. The second kappa shape index (κ2) is 9.14. The fourth-order valence-corrected chi connectivity index (χ4v) is 3.88. The van der Waals surface area contributed by atoms with Crippen molar-refractivity contribution in [3.63, 3.8) is 0 Å². The monoisotopic (exact) mass is 344 g/mol. The van der Waals surface area contributed by atoms with Crippen LogP contribution >= 0.6 is 0 Å². The first-order valence-electron chi connectivity index (χ1n) is 9.63. The van der Waals surface area contributed by atoms with Gasteiger partial charge in [-0.25, -0.2) is 4.39 Å². The van der Waals surface area contributed by atoms with E-state index in [1.807, 2.05) is 12.1 Å². The number of likely N-dealkylation sites (tertiary alicyclic amines) is 1. The van der Waals surface area contributed by atoms with Crippen LogP contribution in [-0.2, 0) is 11.3 Å². The minimum absolute atomic E-state index is 0.0783. The van der Waals surface area contributed by atoms with Gasteiger partial charge in [0.05, 0.1) is 5.92 Å². The van der Waals surface area contributed by atoms with Crippen molar-refractivity contribution in [3.05, 3.63) is 47.3 Å². The van der Waals surface area contributed by atoms with Crippen molar-refractivity contribution in [2.75, 3.05) is 19.6 Å². The largest absolute Gasteiger partial charge is 0.356 e. The van der Waals surface area contributed by atoms with Gasteiger partial charge in [0, 0.05) is 19.6 Å². The molecule has 0 unspecified atom stereocenters. The third-order valence-electron chi connectivity index (χ3n) is 5.33. The highest BCUT2D eigenvalue weighted by atomic mass is 19.1. The number of hydrogen-bond donors (Lipinski definition) is 1. The van der Waals surface area contributed by atoms with E-state index in [0.717, 1.165) is 51.0 Å². The topological polar surface area (TPSA) is 32.3 Å². The number of allylic oxidation sites excluding steroid dienone is 1. The van der Waals surface area contributed by atoms with Crippen LogP contribution in [0.2, 0.25) is 0 Å². The first kappa shape index (κ1) is 18.1. The zero-order valence-electron chi connectivity index (χ0n) is 15.0. The summed E-state index contributed by atoms with van der Waals surface area (Å²) in [6.45, 7) is 3.36. The molecule has 0 aromatic heterocycles. The number of rotatable bonds is 6. The number of carbonyl (C=O) groups excluding carboxylic acids is 1. The van der Waals surface area contributed by atoms with Gasteiger partial charge in [0.1, 0.15) is 5.82 Å². The van der Waals surface area contributed by atoms with Gasteiger partial charge in [-0.1, -0.05) is 23.8 Å². The summed E-state index contributed by atoms with van der Waals surface area (Å²) in [5.74, 6) is 0.0717. The molecule has 1 aliphatic heterocycles. The molecule has 0 bridgehead atoms. The summed E-state index contributed by atoms with van der Waals surface area (Å²) >= 11 is 0. The molecular weight excluding hydrogens is 315 g/mol. The van der Waals surface area contributed by atoms with Gasteiger partial charge in [-0.3, -0.25) is 9.69 Å². The molecule has 2 aliphatic rings. The van der Waals surface area contributed by atoms with E-state index in [9.17, 15) is 9.18 Å². The zero-order chi connectivity index (χ0) is 17.5. The van der Waals surface area contributed by atoms with Gasteiger partial charge in [-0.15, -0.1) is 0 Å². The molecule has 136 valence electrons. The molecule has 1 heterocycles. The van der Waals surface area contributed by atoms with Gasteiger partial charge < -0.3 is 5.32 Å². The van der Waals surface area contributed by atoms with Crippen LogP contribution in [0.3, 0.4) is 0 Å². The first-order chi connectivity index (χ1) is 12.2. The van der Waals surface area contributed by atoms with Crippen molar-refractivity contribution < 1.29 is 9.18 Å². The molecule has 1 N–H and O–H groups in total. The number of halogens is 1.